The summed E-state index contributed by atoms with van der Waals surface area (Å²) < 4.78 is 35.9. The summed E-state index contributed by atoms with van der Waals surface area (Å²) in [5, 5.41) is 16.6. The van der Waals surface area contributed by atoms with Gasteiger partial charge in [-0.1, -0.05) is 12.1 Å². The van der Waals surface area contributed by atoms with Crippen molar-refractivity contribution in [1.82, 2.24) is 0 Å². The van der Waals surface area contributed by atoms with Crippen LogP contribution in [0.25, 0.3) is 0 Å². The molecule has 0 heterocycles. The molecule has 0 aliphatic carbocycles. The van der Waals surface area contributed by atoms with Crippen LogP contribution in [-0.2, 0) is 16.4 Å². The second-order valence-electron chi connectivity index (χ2n) is 4.67. The summed E-state index contributed by atoms with van der Waals surface area (Å²) in [5.74, 6) is -0.483. The second kappa shape index (κ2) is 6.56. The van der Waals surface area contributed by atoms with Crippen molar-refractivity contribution in [3.63, 3.8) is 0 Å². The maximum atomic E-state index is 13.7. The number of primary sulfonamides is 1. The number of nitrogens with zero attached hydrogens (tertiary/aromatic N) is 1. The number of sulfonamides is 1. The monoisotopic (exact) mass is 319 g/mol. The summed E-state index contributed by atoms with van der Waals surface area (Å²) in [6.07, 6.45) is 0.588. The first kappa shape index (κ1) is 15.9. The van der Waals surface area contributed by atoms with Gasteiger partial charge in [0.05, 0.1) is 22.2 Å². The van der Waals surface area contributed by atoms with Crippen LogP contribution in [0, 0.1) is 17.1 Å². The standard InChI is InChI=1S/C15H14FN3O2S/c16-14-9-12(10-17)3-6-15(14)19-8-7-11-1-4-13(5-2-11)22(18,20)21/h1-6,9,19H,7-8H2,(H2,18,20,21). The quantitative estimate of drug-likeness (QED) is 0.881. The number of anilines is 1. The van der Waals surface area contributed by atoms with Gasteiger partial charge in [-0.3, -0.25) is 0 Å². The van der Waals surface area contributed by atoms with Gasteiger partial charge in [0, 0.05) is 6.54 Å². The van der Waals surface area contributed by atoms with Crippen LogP contribution >= 0.6 is 0 Å². The minimum absolute atomic E-state index is 0.0577. The van der Waals surface area contributed by atoms with E-state index in [1.54, 1.807) is 12.1 Å². The predicted octanol–water partition coefficient (Wildman–Crippen LogP) is 2.00. The van der Waals surface area contributed by atoms with Crippen LogP contribution in [0.3, 0.4) is 0 Å². The van der Waals surface area contributed by atoms with Crippen LogP contribution in [-0.4, -0.2) is 15.0 Å². The number of nitrogens with one attached hydrogen (secondary N) is 1. The molecular weight excluding hydrogens is 305 g/mol. The molecule has 2 rings (SSSR count). The van der Waals surface area contributed by atoms with E-state index in [4.69, 9.17) is 10.4 Å². The molecule has 0 saturated carbocycles. The number of hydrogen-bond donors (Lipinski definition) is 2. The Kier molecular flexibility index (Phi) is 4.75. The van der Waals surface area contributed by atoms with E-state index >= 15 is 0 Å². The minimum atomic E-state index is -3.69. The van der Waals surface area contributed by atoms with Gasteiger partial charge >= 0.3 is 0 Å². The van der Waals surface area contributed by atoms with Crippen LogP contribution < -0.4 is 10.5 Å². The van der Waals surface area contributed by atoms with Crippen molar-refractivity contribution in [3.05, 3.63) is 59.4 Å². The van der Waals surface area contributed by atoms with Crippen molar-refractivity contribution in [2.24, 2.45) is 5.14 Å². The molecule has 5 nitrogen and oxygen atoms in total. The molecule has 3 N–H and O–H groups in total. The smallest absolute Gasteiger partial charge is 0.238 e. The van der Waals surface area contributed by atoms with Gasteiger partial charge in [0.2, 0.25) is 10.0 Å². The molecule has 0 radical (unpaired) electrons. The van der Waals surface area contributed by atoms with E-state index in [1.807, 2.05) is 6.07 Å². The molecular formula is C15H14FN3O2S. The average molecular weight is 319 g/mol. The zero-order valence-electron chi connectivity index (χ0n) is 11.6. The molecule has 0 unspecified atom stereocenters. The normalized spacial score (nSPS) is 11.0. The highest BCUT2D eigenvalue weighted by Gasteiger charge is 2.07. The Labute approximate surface area is 128 Å². The number of hydrogen-bond acceptors (Lipinski definition) is 4. The molecule has 0 atom stereocenters. The topological polar surface area (TPSA) is 96.0 Å². The van der Waals surface area contributed by atoms with Crippen LogP contribution in [0.15, 0.2) is 47.4 Å². The van der Waals surface area contributed by atoms with Crippen molar-refractivity contribution in [3.8, 4) is 6.07 Å². The van der Waals surface area contributed by atoms with Crippen molar-refractivity contribution >= 4 is 15.7 Å². The van der Waals surface area contributed by atoms with Crippen LogP contribution in [0.1, 0.15) is 11.1 Å². The molecule has 7 heteroatoms. The van der Waals surface area contributed by atoms with Gasteiger partial charge in [-0.25, -0.2) is 17.9 Å². The molecule has 114 valence electrons. The lowest BCUT2D eigenvalue weighted by Gasteiger charge is -2.08. The van der Waals surface area contributed by atoms with Crippen molar-refractivity contribution in [2.75, 3.05) is 11.9 Å². The first-order valence-electron chi connectivity index (χ1n) is 6.45. The number of benzene rings is 2. The Balaban J connectivity index is 1.95. The van der Waals surface area contributed by atoms with Crippen molar-refractivity contribution < 1.29 is 12.8 Å². The molecule has 0 bridgehead atoms. The van der Waals surface area contributed by atoms with Gasteiger partial charge in [0.1, 0.15) is 5.82 Å². The third-order valence-electron chi connectivity index (χ3n) is 3.08. The highest BCUT2D eigenvalue weighted by molar-refractivity contribution is 7.89. The SMILES string of the molecule is N#Cc1ccc(NCCc2ccc(S(N)(=O)=O)cc2)c(F)c1. The second-order valence-corrected chi connectivity index (χ2v) is 6.23. The average Bonchev–Trinajstić information content (AvgIpc) is 2.48. The Bertz CT molecular complexity index is 812. The molecule has 0 aliphatic heterocycles. The fourth-order valence-corrected chi connectivity index (χ4v) is 2.43. The van der Waals surface area contributed by atoms with Crippen LogP contribution in [0.2, 0.25) is 0 Å². The maximum absolute atomic E-state index is 13.7. The fraction of sp³-hybridized carbons (Fsp3) is 0.133. The number of nitriles is 1. The van der Waals surface area contributed by atoms with E-state index in [0.717, 1.165) is 5.56 Å². The molecule has 2 aromatic rings. The zero-order valence-corrected chi connectivity index (χ0v) is 12.4. The highest BCUT2D eigenvalue weighted by atomic mass is 32.2. The zero-order chi connectivity index (χ0) is 16.2. The summed E-state index contributed by atoms with van der Waals surface area (Å²) in [6, 6.07) is 12.3. The third kappa shape index (κ3) is 4.04. The summed E-state index contributed by atoms with van der Waals surface area (Å²) in [6.45, 7) is 0.470. The van der Waals surface area contributed by atoms with Crippen molar-refractivity contribution in [1.29, 1.82) is 5.26 Å². The van der Waals surface area contributed by atoms with Crippen LogP contribution in [0.5, 0.6) is 0 Å². The Morgan fingerprint density at radius 3 is 2.41 bits per heavy atom. The van der Waals surface area contributed by atoms with Gasteiger partial charge in [0.25, 0.3) is 0 Å². The van der Waals surface area contributed by atoms with Gasteiger partial charge < -0.3 is 5.32 Å². The highest BCUT2D eigenvalue weighted by Crippen LogP contribution is 2.15. The Morgan fingerprint density at radius 1 is 1.18 bits per heavy atom. The van der Waals surface area contributed by atoms with Gasteiger partial charge in [-0.2, -0.15) is 5.26 Å². The molecule has 0 amide bonds. The van der Waals surface area contributed by atoms with Gasteiger partial charge in [0.15, 0.2) is 0 Å². The van der Waals surface area contributed by atoms with E-state index in [2.05, 4.69) is 5.32 Å². The first-order valence-corrected chi connectivity index (χ1v) is 8.00. The molecule has 0 spiro atoms. The molecule has 0 aromatic heterocycles. The lowest BCUT2D eigenvalue weighted by atomic mass is 10.1. The van der Waals surface area contributed by atoms with Gasteiger partial charge in [-0.05, 0) is 42.3 Å². The van der Waals surface area contributed by atoms with Crippen molar-refractivity contribution in [2.45, 2.75) is 11.3 Å². The number of rotatable bonds is 5. The maximum Gasteiger partial charge on any atom is 0.238 e. The number of nitrogens with two attached hydrogens (primary N) is 1. The Hall–Kier alpha value is -2.43. The number of halogens is 1. The molecule has 2 aromatic carbocycles. The van der Waals surface area contributed by atoms with Crippen LogP contribution in [0.4, 0.5) is 10.1 Å². The van der Waals surface area contributed by atoms with Gasteiger partial charge in [-0.15, -0.1) is 0 Å². The van der Waals surface area contributed by atoms with E-state index in [9.17, 15) is 12.8 Å². The molecule has 0 fully saturated rings. The summed E-state index contributed by atoms with van der Waals surface area (Å²) in [4.78, 5) is 0.0577. The first-order chi connectivity index (χ1) is 10.4. The van der Waals surface area contributed by atoms with E-state index in [1.165, 1.54) is 30.3 Å². The fourth-order valence-electron chi connectivity index (χ4n) is 1.92. The largest absolute Gasteiger partial charge is 0.382 e. The summed E-state index contributed by atoms with van der Waals surface area (Å²) in [7, 11) is -3.69. The predicted molar refractivity (Wildman–Crippen MR) is 81.1 cm³/mol. The van der Waals surface area contributed by atoms with E-state index in [-0.39, 0.29) is 10.5 Å². The molecule has 22 heavy (non-hydrogen) atoms. The van der Waals surface area contributed by atoms with E-state index in [0.29, 0.717) is 18.7 Å². The summed E-state index contributed by atoms with van der Waals surface area (Å²) in [5.41, 5.74) is 1.48. The summed E-state index contributed by atoms with van der Waals surface area (Å²) >= 11 is 0. The molecule has 0 saturated heterocycles. The third-order valence-corrected chi connectivity index (χ3v) is 4.01. The minimum Gasteiger partial charge on any atom is -0.382 e. The lowest BCUT2D eigenvalue weighted by Crippen LogP contribution is -2.12. The lowest BCUT2D eigenvalue weighted by molar-refractivity contribution is 0.597. The molecule has 0 aliphatic rings. The van der Waals surface area contributed by atoms with E-state index < -0.39 is 15.8 Å². The Morgan fingerprint density at radius 2 is 1.86 bits per heavy atom.